The van der Waals surface area contributed by atoms with Crippen LogP contribution in [0, 0.1) is 5.82 Å². The predicted octanol–water partition coefficient (Wildman–Crippen LogP) is 3.78. The molecule has 0 spiro atoms. The minimum atomic E-state index is -3.71. The van der Waals surface area contributed by atoms with Crippen LogP contribution in [0.5, 0.6) is 0 Å². The van der Waals surface area contributed by atoms with E-state index in [9.17, 15) is 12.8 Å². The largest absolute Gasteiger partial charge is 0.347 e. The number of hydrogen-bond donors (Lipinski definition) is 1. The van der Waals surface area contributed by atoms with E-state index in [4.69, 9.17) is 11.6 Å². The molecule has 1 saturated heterocycles. The molecule has 1 aromatic heterocycles. The maximum absolute atomic E-state index is 14.5. The lowest BCUT2D eigenvalue weighted by Crippen LogP contribution is -2.47. The second-order valence-corrected chi connectivity index (χ2v) is 10.1. The molecule has 0 amide bonds. The molecule has 178 valence electrons. The summed E-state index contributed by atoms with van der Waals surface area (Å²) in [6, 6.07) is 4.53. The second kappa shape index (κ2) is 10.2. The molecule has 0 radical (unpaired) electrons. The lowest BCUT2D eigenvalue weighted by molar-refractivity contribution is 0.222. The molecule has 0 atom stereocenters. The number of anilines is 2. The van der Waals surface area contributed by atoms with Gasteiger partial charge in [-0.1, -0.05) is 24.3 Å². The summed E-state index contributed by atoms with van der Waals surface area (Å²) in [4.78, 5) is 12.1. The highest BCUT2D eigenvalue weighted by Gasteiger charge is 2.29. The van der Waals surface area contributed by atoms with Crippen molar-refractivity contribution < 1.29 is 12.8 Å². The van der Waals surface area contributed by atoms with Gasteiger partial charge in [0.2, 0.25) is 16.0 Å². The van der Waals surface area contributed by atoms with Gasteiger partial charge in [-0.25, -0.2) is 22.8 Å². The molecular formula is C22H28ClFN6O2S. The van der Waals surface area contributed by atoms with Crippen molar-refractivity contribution in [1.82, 2.24) is 24.1 Å². The summed E-state index contributed by atoms with van der Waals surface area (Å²) in [6.07, 6.45) is 2.81. The minimum absolute atomic E-state index is 0.0410. The number of likely N-dealkylation sites (N-methyl/N-ethyl adjacent to an activating group) is 1. The van der Waals surface area contributed by atoms with Crippen molar-refractivity contribution >= 4 is 39.0 Å². The Morgan fingerprint density at radius 1 is 1.30 bits per heavy atom. The van der Waals surface area contributed by atoms with E-state index in [1.54, 1.807) is 31.0 Å². The van der Waals surface area contributed by atoms with E-state index >= 15 is 0 Å². The molecule has 0 bridgehead atoms. The molecule has 8 nitrogen and oxygen atoms in total. The number of rotatable bonds is 7. The molecule has 1 aliphatic heterocycles. The Balaban J connectivity index is 1.85. The van der Waals surface area contributed by atoms with E-state index in [0.717, 1.165) is 11.9 Å². The first-order valence-corrected chi connectivity index (χ1v) is 12.2. The summed E-state index contributed by atoms with van der Waals surface area (Å²) in [5, 5.41) is 3.05. The monoisotopic (exact) mass is 494 g/mol. The first-order chi connectivity index (χ1) is 15.5. The van der Waals surface area contributed by atoms with Crippen molar-refractivity contribution in [3.05, 3.63) is 59.3 Å². The lowest BCUT2D eigenvalue weighted by atomic mass is 10.2. The number of nitrogens with zero attached hydrogens (tertiary/aromatic N) is 5. The first-order valence-electron chi connectivity index (χ1n) is 10.4. The number of nitrogens with one attached hydrogen (secondary N) is 1. The van der Waals surface area contributed by atoms with Gasteiger partial charge in [0.1, 0.15) is 10.6 Å². The molecule has 0 saturated carbocycles. The summed E-state index contributed by atoms with van der Waals surface area (Å²) in [5.74, 6) is -0.431. The van der Waals surface area contributed by atoms with Crippen molar-refractivity contribution in [1.29, 1.82) is 0 Å². The van der Waals surface area contributed by atoms with Crippen LogP contribution in [0.15, 0.2) is 47.6 Å². The molecule has 3 rings (SSSR count). The van der Waals surface area contributed by atoms with Gasteiger partial charge in [-0.2, -0.15) is 4.31 Å². The zero-order chi connectivity index (χ0) is 24.3. The molecule has 1 N–H and O–H groups in total. The third-order valence-electron chi connectivity index (χ3n) is 5.46. The van der Waals surface area contributed by atoms with E-state index in [0.29, 0.717) is 37.6 Å². The first kappa shape index (κ1) is 25.1. The average Bonchev–Trinajstić information content (AvgIpc) is 2.76. The molecule has 2 heterocycles. The van der Waals surface area contributed by atoms with Gasteiger partial charge in [-0.05, 0) is 39.1 Å². The van der Waals surface area contributed by atoms with Crippen molar-refractivity contribution in [3.63, 3.8) is 0 Å². The summed E-state index contributed by atoms with van der Waals surface area (Å²) in [5.41, 5.74) is 1.85. The van der Waals surface area contributed by atoms with Crippen LogP contribution in [-0.2, 0) is 10.0 Å². The Bertz CT molecular complexity index is 1180. The third-order valence-corrected chi connectivity index (χ3v) is 7.84. The Labute approximate surface area is 199 Å². The number of hydrogen-bond acceptors (Lipinski definition) is 7. The van der Waals surface area contributed by atoms with Crippen LogP contribution in [0.3, 0.4) is 0 Å². The smallest absolute Gasteiger partial charge is 0.244 e. The van der Waals surface area contributed by atoms with E-state index in [-0.39, 0.29) is 21.6 Å². The number of sulfonamides is 1. The molecular weight excluding hydrogens is 467 g/mol. The van der Waals surface area contributed by atoms with Crippen LogP contribution in [0.25, 0.3) is 5.70 Å². The molecule has 0 aliphatic carbocycles. The fraction of sp³-hybridized carbons (Fsp3) is 0.364. The van der Waals surface area contributed by atoms with Crippen molar-refractivity contribution in [3.8, 4) is 0 Å². The molecule has 33 heavy (non-hydrogen) atoms. The van der Waals surface area contributed by atoms with Crippen LogP contribution < -0.4 is 5.32 Å². The highest BCUT2D eigenvalue weighted by molar-refractivity contribution is 7.89. The average molecular weight is 495 g/mol. The van der Waals surface area contributed by atoms with Crippen LogP contribution in [0.1, 0.15) is 19.5 Å². The van der Waals surface area contributed by atoms with Gasteiger partial charge in [0.25, 0.3) is 0 Å². The Hall–Kier alpha value is -2.53. The quantitative estimate of drug-likeness (QED) is 0.627. The summed E-state index contributed by atoms with van der Waals surface area (Å²) < 4.78 is 41.9. The summed E-state index contributed by atoms with van der Waals surface area (Å²) >= 11 is 6.35. The maximum atomic E-state index is 14.5. The van der Waals surface area contributed by atoms with Crippen molar-refractivity contribution in [2.24, 2.45) is 0 Å². The van der Waals surface area contributed by atoms with Crippen molar-refractivity contribution in [2.45, 2.75) is 18.7 Å². The normalized spacial score (nSPS) is 16.0. The van der Waals surface area contributed by atoms with E-state index in [2.05, 4.69) is 26.8 Å². The van der Waals surface area contributed by atoms with Crippen LogP contribution in [0.2, 0.25) is 5.02 Å². The van der Waals surface area contributed by atoms with Gasteiger partial charge in [0.05, 0.1) is 16.9 Å². The predicted molar refractivity (Wildman–Crippen MR) is 129 cm³/mol. The van der Waals surface area contributed by atoms with Gasteiger partial charge in [-0.3, -0.25) is 0 Å². The van der Waals surface area contributed by atoms with Crippen LogP contribution in [-0.4, -0.2) is 72.8 Å². The fourth-order valence-corrected chi connectivity index (χ4v) is 5.33. The van der Waals surface area contributed by atoms with Crippen LogP contribution in [0.4, 0.5) is 16.0 Å². The fourth-order valence-electron chi connectivity index (χ4n) is 3.39. The number of allylic oxidation sites excluding steroid dienone is 2. The standard InChI is InChI=1S/C22H28ClFN6O2S/c1-6-19(29(5)15(2)3)21-18(24)14-25-22(27-21)26-16-7-8-20(17(23)13-16)33(31,32)30-11-9-28(4)10-12-30/h6-8,13-14H,2,9-12H2,1,3-5H3,(H,25,26,27)/b19-6-. The van der Waals surface area contributed by atoms with E-state index in [1.807, 2.05) is 14.0 Å². The van der Waals surface area contributed by atoms with Gasteiger partial charge in [-0.15, -0.1) is 0 Å². The highest BCUT2D eigenvalue weighted by Crippen LogP contribution is 2.30. The molecule has 11 heteroatoms. The Morgan fingerprint density at radius 2 is 1.97 bits per heavy atom. The van der Waals surface area contributed by atoms with Gasteiger partial charge in [0.15, 0.2) is 5.82 Å². The van der Waals surface area contributed by atoms with Gasteiger partial charge in [0, 0.05) is 44.6 Å². The maximum Gasteiger partial charge on any atom is 0.244 e. The molecule has 1 aromatic carbocycles. The molecule has 0 unspecified atom stereocenters. The summed E-state index contributed by atoms with van der Waals surface area (Å²) in [7, 11) is 0.0185. The summed E-state index contributed by atoms with van der Waals surface area (Å²) in [6.45, 7) is 9.61. The highest BCUT2D eigenvalue weighted by atomic mass is 35.5. The number of aromatic nitrogens is 2. The molecule has 1 aliphatic rings. The second-order valence-electron chi connectivity index (χ2n) is 7.84. The SMILES string of the molecule is C=C(C)N(C)/C(=C\C)c1nc(Nc2ccc(S(=O)(=O)N3CCN(C)CC3)c(Cl)c2)ncc1F. The van der Waals surface area contributed by atoms with Crippen molar-refractivity contribution in [2.75, 3.05) is 45.6 Å². The van der Waals surface area contributed by atoms with Gasteiger partial charge < -0.3 is 15.1 Å². The van der Waals surface area contributed by atoms with E-state index < -0.39 is 15.8 Å². The minimum Gasteiger partial charge on any atom is -0.347 e. The Kier molecular flexibility index (Phi) is 7.73. The number of benzene rings is 1. The number of halogens is 2. The van der Waals surface area contributed by atoms with Gasteiger partial charge >= 0.3 is 0 Å². The molecule has 2 aromatic rings. The lowest BCUT2D eigenvalue weighted by Gasteiger charge is -2.31. The third kappa shape index (κ3) is 5.52. The molecule has 1 fully saturated rings. The van der Waals surface area contributed by atoms with Crippen LogP contribution >= 0.6 is 11.6 Å². The van der Waals surface area contributed by atoms with E-state index in [1.165, 1.54) is 16.4 Å². The zero-order valence-electron chi connectivity index (χ0n) is 19.1. The number of piperazine rings is 1. The Morgan fingerprint density at radius 3 is 2.55 bits per heavy atom. The topological polar surface area (TPSA) is 81.7 Å². The zero-order valence-corrected chi connectivity index (χ0v) is 20.7.